The molecule has 2 heterocycles. The Morgan fingerprint density at radius 2 is 1.90 bits per heavy atom. The molecule has 156 valence electrons. The van der Waals surface area contributed by atoms with Crippen molar-refractivity contribution >= 4 is 0 Å². The van der Waals surface area contributed by atoms with Gasteiger partial charge in [0, 0.05) is 24.1 Å². The topological polar surface area (TPSA) is 49.0 Å². The summed E-state index contributed by atoms with van der Waals surface area (Å²) in [6.45, 7) is 7.19. The molecule has 0 radical (unpaired) electrons. The van der Waals surface area contributed by atoms with E-state index in [9.17, 15) is 0 Å². The Morgan fingerprint density at radius 3 is 2.72 bits per heavy atom. The lowest BCUT2D eigenvalue weighted by Gasteiger charge is -2.46. The summed E-state index contributed by atoms with van der Waals surface area (Å²) in [6, 6.07) is 14.6. The fourth-order valence-corrected chi connectivity index (χ4v) is 4.75. The predicted octanol–water partition coefficient (Wildman–Crippen LogP) is 4.43. The highest BCUT2D eigenvalue weighted by Crippen LogP contribution is 2.46. The van der Waals surface area contributed by atoms with Gasteiger partial charge in [-0.3, -0.25) is 0 Å². The summed E-state index contributed by atoms with van der Waals surface area (Å²) in [7, 11) is 1.76. The fraction of sp³-hybridized carbons (Fsp3) is 0.500. The Morgan fingerprint density at radius 1 is 1.07 bits per heavy atom. The lowest BCUT2D eigenvalue weighted by atomic mass is 9.67. The van der Waals surface area contributed by atoms with E-state index >= 15 is 0 Å². The summed E-state index contributed by atoms with van der Waals surface area (Å²) in [5.74, 6) is 2.63. The van der Waals surface area contributed by atoms with Crippen LogP contribution in [0.25, 0.3) is 0 Å². The molecule has 2 aromatic rings. The van der Waals surface area contributed by atoms with Gasteiger partial charge in [-0.15, -0.1) is 0 Å². The summed E-state index contributed by atoms with van der Waals surface area (Å²) >= 11 is 0. The van der Waals surface area contributed by atoms with Crippen LogP contribution in [0.3, 0.4) is 0 Å². The third-order valence-corrected chi connectivity index (χ3v) is 6.06. The SMILES string of the molecule is COc1ccccc1C1(CCNCc2ccc3c(c2)OCO3)CCOC(C)(C)C1. The maximum absolute atomic E-state index is 6.05. The van der Waals surface area contributed by atoms with Crippen molar-refractivity contribution in [1.82, 2.24) is 5.32 Å². The average molecular weight is 398 g/mol. The van der Waals surface area contributed by atoms with E-state index in [1.54, 1.807) is 7.11 Å². The number of para-hydroxylation sites is 1. The molecule has 1 unspecified atom stereocenters. The molecule has 2 aliphatic heterocycles. The van der Waals surface area contributed by atoms with Crippen LogP contribution >= 0.6 is 0 Å². The molecule has 1 saturated heterocycles. The minimum absolute atomic E-state index is 0.0379. The first kappa shape index (κ1) is 20.0. The van der Waals surface area contributed by atoms with Crippen LogP contribution in [0, 0.1) is 0 Å². The minimum atomic E-state index is -0.142. The molecule has 5 nitrogen and oxygen atoms in total. The summed E-state index contributed by atoms with van der Waals surface area (Å²) in [4.78, 5) is 0. The second-order valence-corrected chi connectivity index (χ2v) is 8.63. The largest absolute Gasteiger partial charge is 0.496 e. The van der Waals surface area contributed by atoms with Gasteiger partial charge in [-0.25, -0.2) is 0 Å². The molecule has 1 atom stereocenters. The highest BCUT2D eigenvalue weighted by atomic mass is 16.7. The molecular weight excluding hydrogens is 366 g/mol. The van der Waals surface area contributed by atoms with Crippen molar-refractivity contribution in [1.29, 1.82) is 0 Å². The fourth-order valence-electron chi connectivity index (χ4n) is 4.75. The molecule has 0 bridgehead atoms. The van der Waals surface area contributed by atoms with Crippen molar-refractivity contribution in [2.75, 3.05) is 27.1 Å². The maximum Gasteiger partial charge on any atom is 0.231 e. The van der Waals surface area contributed by atoms with Crippen LogP contribution in [0.1, 0.15) is 44.2 Å². The van der Waals surface area contributed by atoms with Crippen LogP contribution < -0.4 is 19.5 Å². The molecule has 0 saturated carbocycles. The van der Waals surface area contributed by atoms with Gasteiger partial charge in [0.05, 0.1) is 12.7 Å². The minimum Gasteiger partial charge on any atom is -0.496 e. The van der Waals surface area contributed by atoms with E-state index in [2.05, 4.69) is 49.5 Å². The molecule has 0 spiro atoms. The van der Waals surface area contributed by atoms with E-state index in [0.29, 0.717) is 6.79 Å². The first-order valence-electron chi connectivity index (χ1n) is 10.4. The van der Waals surface area contributed by atoms with Gasteiger partial charge in [0.1, 0.15) is 5.75 Å². The van der Waals surface area contributed by atoms with E-state index < -0.39 is 0 Å². The van der Waals surface area contributed by atoms with Crippen LogP contribution in [0.4, 0.5) is 0 Å². The Kier molecular flexibility index (Phi) is 5.70. The second kappa shape index (κ2) is 8.25. The average Bonchev–Trinajstić information content (AvgIpc) is 3.18. The monoisotopic (exact) mass is 397 g/mol. The molecule has 4 rings (SSSR count). The van der Waals surface area contributed by atoms with Crippen LogP contribution in [0.2, 0.25) is 0 Å². The van der Waals surface area contributed by atoms with Gasteiger partial charge < -0.3 is 24.3 Å². The van der Waals surface area contributed by atoms with Crippen molar-refractivity contribution < 1.29 is 18.9 Å². The molecule has 5 heteroatoms. The summed E-state index contributed by atoms with van der Waals surface area (Å²) < 4.78 is 22.7. The van der Waals surface area contributed by atoms with Gasteiger partial charge >= 0.3 is 0 Å². The Bertz CT molecular complexity index is 851. The van der Waals surface area contributed by atoms with E-state index in [1.165, 1.54) is 11.1 Å². The zero-order chi connectivity index (χ0) is 20.3. The van der Waals surface area contributed by atoms with Gasteiger partial charge in [-0.05, 0) is 63.4 Å². The number of benzene rings is 2. The highest BCUT2D eigenvalue weighted by molar-refractivity contribution is 5.44. The van der Waals surface area contributed by atoms with Crippen molar-refractivity contribution in [3.8, 4) is 17.2 Å². The third kappa shape index (κ3) is 4.36. The van der Waals surface area contributed by atoms with E-state index in [4.69, 9.17) is 18.9 Å². The molecule has 0 aliphatic carbocycles. The predicted molar refractivity (Wildman–Crippen MR) is 113 cm³/mol. The Labute approximate surface area is 173 Å². The van der Waals surface area contributed by atoms with Crippen molar-refractivity contribution in [2.45, 2.75) is 50.7 Å². The van der Waals surface area contributed by atoms with Crippen LogP contribution in [-0.2, 0) is 16.7 Å². The van der Waals surface area contributed by atoms with E-state index in [1.807, 2.05) is 12.1 Å². The zero-order valence-electron chi connectivity index (χ0n) is 17.6. The first-order chi connectivity index (χ1) is 14.0. The quantitative estimate of drug-likeness (QED) is 0.701. The van der Waals surface area contributed by atoms with Gasteiger partial charge in [-0.2, -0.15) is 0 Å². The standard InChI is InChI=1S/C24H31NO4/c1-23(2)16-24(11-13-29-23,19-6-4-5-7-20(19)26-3)10-12-25-15-18-8-9-21-22(14-18)28-17-27-21/h4-9,14,25H,10-13,15-17H2,1-3H3. The summed E-state index contributed by atoms with van der Waals surface area (Å²) in [5, 5.41) is 3.62. The number of nitrogens with one attached hydrogen (secondary N) is 1. The van der Waals surface area contributed by atoms with Gasteiger partial charge in [0.25, 0.3) is 0 Å². The van der Waals surface area contributed by atoms with Crippen molar-refractivity contribution in [3.63, 3.8) is 0 Å². The van der Waals surface area contributed by atoms with Gasteiger partial charge in [-0.1, -0.05) is 24.3 Å². The molecule has 2 aromatic carbocycles. The highest BCUT2D eigenvalue weighted by Gasteiger charge is 2.43. The van der Waals surface area contributed by atoms with Gasteiger partial charge in [0.15, 0.2) is 11.5 Å². The summed E-state index contributed by atoms with van der Waals surface area (Å²) in [6.07, 6.45) is 3.01. The molecule has 2 aliphatic rings. The van der Waals surface area contributed by atoms with Crippen LogP contribution in [-0.4, -0.2) is 32.7 Å². The number of rotatable bonds is 7. The zero-order valence-corrected chi connectivity index (χ0v) is 17.6. The molecular formula is C24H31NO4. The van der Waals surface area contributed by atoms with Gasteiger partial charge in [0.2, 0.25) is 6.79 Å². The number of fused-ring (bicyclic) bond motifs is 1. The lowest BCUT2D eigenvalue weighted by molar-refractivity contribution is -0.0843. The Balaban J connectivity index is 1.46. The van der Waals surface area contributed by atoms with E-state index in [-0.39, 0.29) is 11.0 Å². The van der Waals surface area contributed by atoms with E-state index in [0.717, 1.165) is 56.2 Å². The number of methoxy groups -OCH3 is 1. The number of hydrogen-bond donors (Lipinski definition) is 1. The first-order valence-corrected chi connectivity index (χ1v) is 10.4. The molecule has 29 heavy (non-hydrogen) atoms. The molecule has 0 amide bonds. The van der Waals surface area contributed by atoms with Crippen molar-refractivity contribution in [2.24, 2.45) is 0 Å². The maximum atomic E-state index is 6.05. The lowest BCUT2D eigenvalue weighted by Crippen LogP contribution is -2.45. The number of ether oxygens (including phenoxy) is 4. The second-order valence-electron chi connectivity index (χ2n) is 8.63. The van der Waals surface area contributed by atoms with Crippen molar-refractivity contribution in [3.05, 3.63) is 53.6 Å². The molecule has 1 N–H and O–H groups in total. The molecule has 0 aromatic heterocycles. The number of hydrogen-bond acceptors (Lipinski definition) is 5. The van der Waals surface area contributed by atoms with Crippen LogP contribution in [0.5, 0.6) is 17.2 Å². The van der Waals surface area contributed by atoms with Crippen LogP contribution in [0.15, 0.2) is 42.5 Å². The third-order valence-electron chi connectivity index (χ3n) is 6.06. The Hall–Kier alpha value is -2.24. The smallest absolute Gasteiger partial charge is 0.231 e. The molecule has 1 fully saturated rings. The summed E-state index contributed by atoms with van der Waals surface area (Å²) in [5.41, 5.74) is 2.39. The normalized spacial score (nSPS) is 22.4.